The van der Waals surface area contributed by atoms with Gasteiger partial charge in [-0.1, -0.05) is 24.3 Å². The average Bonchev–Trinajstić information content (AvgIpc) is 3.13. The van der Waals surface area contributed by atoms with E-state index in [1.165, 1.54) is 11.1 Å². The van der Waals surface area contributed by atoms with E-state index in [9.17, 15) is 5.11 Å². The van der Waals surface area contributed by atoms with Crippen molar-refractivity contribution in [2.24, 2.45) is 4.99 Å². The molecule has 142 valence electrons. The van der Waals surface area contributed by atoms with Gasteiger partial charge in [-0.2, -0.15) is 11.3 Å². The Bertz CT molecular complexity index is 696. The molecule has 0 saturated heterocycles. The average molecular weight is 375 g/mol. The lowest BCUT2D eigenvalue weighted by Crippen LogP contribution is -2.44. The van der Waals surface area contributed by atoms with Gasteiger partial charge in [-0.05, 0) is 61.5 Å². The quantitative estimate of drug-likeness (QED) is 0.491. The van der Waals surface area contributed by atoms with Crippen molar-refractivity contribution in [1.82, 2.24) is 15.5 Å². The summed E-state index contributed by atoms with van der Waals surface area (Å²) in [6.45, 7) is 6.51. The molecule has 6 heteroatoms. The highest BCUT2D eigenvalue weighted by molar-refractivity contribution is 7.08. The third-order valence-electron chi connectivity index (χ3n) is 4.10. The van der Waals surface area contributed by atoms with Crippen LogP contribution in [0.1, 0.15) is 30.5 Å². The predicted molar refractivity (Wildman–Crippen MR) is 111 cm³/mol. The molecular formula is C20H30N4OS. The van der Waals surface area contributed by atoms with Gasteiger partial charge in [0.15, 0.2) is 5.96 Å². The number of rotatable bonds is 8. The number of guanidine groups is 1. The number of thiophene rings is 1. The first-order valence-electron chi connectivity index (χ1n) is 8.91. The molecule has 1 atom stereocenters. The van der Waals surface area contributed by atoms with Crippen LogP contribution in [0.4, 0.5) is 0 Å². The van der Waals surface area contributed by atoms with Crippen LogP contribution in [-0.2, 0) is 18.7 Å². The highest BCUT2D eigenvalue weighted by Gasteiger charge is 2.23. The van der Waals surface area contributed by atoms with E-state index in [1.807, 2.05) is 36.7 Å². The molecule has 3 N–H and O–H groups in total. The van der Waals surface area contributed by atoms with Gasteiger partial charge in [0.05, 0.1) is 13.1 Å². The zero-order chi connectivity index (χ0) is 19.0. The van der Waals surface area contributed by atoms with E-state index in [0.29, 0.717) is 19.0 Å². The van der Waals surface area contributed by atoms with Gasteiger partial charge in [0.1, 0.15) is 5.60 Å². The summed E-state index contributed by atoms with van der Waals surface area (Å²) in [4.78, 5) is 6.86. The number of benzene rings is 1. The Kier molecular flexibility index (Phi) is 7.63. The summed E-state index contributed by atoms with van der Waals surface area (Å²) in [5.41, 5.74) is 2.48. The minimum atomic E-state index is -0.932. The van der Waals surface area contributed by atoms with Crippen LogP contribution >= 0.6 is 11.3 Å². The highest BCUT2D eigenvalue weighted by Crippen LogP contribution is 2.22. The molecule has 0 aliphatic carbocycles. The van der Waals surface area contributed by atoms with E-state index in [4.69, 9.17) is 4.99 Å². The van der Waals surface area contributed by atoms with Crippen molar-refractivity contribution in [3.8, 4) is 0 Å². The molecule has 0 spiro atoms. The molecule has 2 rings (SSSR count). The van der Waals surface area contributed by atoms with E-state index in [1.54, 1.807) is 11.3 Å². The first kappa shape index (κ1) is 20.4. The van der Waals surface area contributed by atoms with Crippen LogP contribution < -0.4 is 10.6 Å². The number of nitrogens with zero attached hydrogens (tertiary/aromatic N) is 2. The molecule has 0 aliphatic rings. The molecule has 1 aromatic heterocycles. The molecule has 26 heavy (non-hydrogen) atoms. The summed E-state index contributed by atoms with van der Waals surface area (Å²) >= 11 is 1.59. The highest BCUT2D eigenvalue weighted by atomic mass is 32.1. The lowest BCUT2D eigenvalue weighted by molar-refractivity contribution is 0.0621. The number of aliphatic imine (C=N–C) groups is 1. The Balaban J connectivity index is 2.05. The Hall–Kier alpha value is -1.89. The molecule has 5 nitrogen and oxygen atoms in total. The van der Waals surface area contributed by atoms with Crippen molar-refractivity contribution >= 4 is 17.3 Å². The van der Waals surface area contributed by atoms with Gasteiger partial charge in [-0.25, -0.2) is 4.99 Å². The third kappa shape index (κ3) is 6.12. The van der Waals surface area contributed by atoms with E-state index in [0.717, 1.165) is 18.7 Å². The van der Waals surface area contributed by atoms with Gasteiger partial charge in [0.2, 0.25) is 0 Å². The Morgan fingerprint density at radius 3 is 2.54 bits per heavy atom. The molecule has 0 aliphatic heterocycles. The van der Waals surface area contributed by atoms with Crippen molar-refractivity contribution in [3.05, 3.63) is 57.8 Å². The van der Waals surface area contributed by atoms with Crippen molar-refractivity contribution < 1.29 is 5.11 Å². The number of aliphatic hydroxyl groups is 1. The lowest BCUT2D eigenvalue weighted by atomic mass is 9.99. The largest absolute Gasteiger partial charge is 0.384 e. The summed E-state index contributed by atoms with van der Waals surface area (Å²) in [5, 5.41) is 21.1. The first-order valence-corrected chi connectivity index (χ1v) is 9.85. The van der Waals surface area contributed by atoms with E-state index < -0.39 is 5.60 Å². The van der Waals surface area contributed by atoms with Crippen LogP contribution in [0.5, 0.6) is 0 Å². The topological polar surface area (TPSA) is 59.9 Å². The minimum Gasteiger partial charge on any atom is -0.384 e. The van der Waals surface area contributed by atoms with Gasteiger partial charge in [0, 0.05) is 13.1 Å². The number of hydrogen-bond donors (Lipinski definition) is 3. The van der Waals surface area contributed by atoms with E-state index in [-0.39, 0.29) is 0 Å². The Morgan fingerprint density at radius 1 is 1.19 bits per heavy atom. The fourth-order valence-corrected chi connectivity index (χ4v) is 3.42. The van der Waals surface area contributed by atoms with Crippen molar-refractivity contribution in [1.29, 1.82) is 0 Å². The molecule has 1 unspecified atom stereocenters. The fourth-order valence-electron chi connectivity index (χ4n) is 2.64. The molecule has 0 radical (unpaired) electrons. The summed E-state index contributed by atoms with van der Waals surface area (Å²) < 4.78 is 0. The van der Waals surface area contributed by atoms with Gasteiger partial charge in [0.25, 0.3) is 0 Å². The molecule has 0 amide bonds. The second-order valence-corrected chi connectivity index (χ2v) is 7.62. The van der Waals surface area contributed by atoms with Gasteiger partial charge in [-0.15, -0.1) is 0 Å². The standard InChI is InChI=1S/C20H30N4OS/c1-5-21-19(23-15-20(2,25)18-10-11-26-14-18)22-12-16-8-6-7-9-17(16)13-24(3)4/h6-11,14,25H,5,12-13,15H2,1-4H3,(H2,21,22,23). The van der Waals surface area contributed by atoms with Crippen LogP contribution in [0.25, 0.3) is 0 Å². The van der Waals surface area contributed by atoms with Gasteiger partial charge >= 0.3 is 0 Å². The lowest BCUT2D eigenvalue weighted by Gasteiger charge is -2.24. The maximum atomic E-state index is 10.7. The van der Waals surface area contributed by atoms with Crippen LogP contribution in [-0.4, -0.2) is 43.2 Å². The zero-order valence-electron chi connectivity index (χ0n) is 16.1. The molecule has 0 fully saturated rings. The first-order chi connectivity index (χ1) is 12.4. The SMILES string of the molecule is CCNC(=NCc1ccccc1CN(C)C)NCC(C)(O)c1ccsc1. The normalized spacial score (nSPS) is 14.3. The van der Waals surface area contributed by atoms with E-state index in [2.05, 4.69) is 47.8 Å². The monoisotopic (exact) mass is 374 g/mol. The Labute approximate surface area is 160 Å². The van der Waals surface area contributed by atoms with Crippen molar-refractivity contribution in [2.75, 3.05) is 27.2 Å². The van der Waals surface area contributed by atoms with E-state index >= 15 is 0 Å². The second-order valence-electron chi connectivity index (χ2n) is 6.84. The van der Waals surface area contributed by atoms with Crippen LogP contribution in [0.2, 0.25) is 0 Å². The molecule has 0 saturated carbocycles. The number of hydrogen-bond acceptors (Lipinski definition) is 4. The molecule has 2 aromatic rings. The summed E-state index contributed by atoms with van der Waals surface area (Å²) in [5.74, 6) is 0.711. The summed E-state index contributed by atoms with van der Waals surface area (Å²) in [7, 11) is 4.14. The smallest absolute Gasteiger partial charge is 0.191 e. The maximum absolute atomic E-state index is 10.7. The maximum Gasteiger partial charge on any atom is 0.191 e. The second kappa shape index (κ2) is 9.71. The van der Waals surface area contributed by atoms with Crippen molar-refractivity contribution in [3.63, 3.8) is 0 Å². The summed E-state index contributed by atoms with van der Waals surface area (Å²) in [6.07, 6.45) is 0. The van der Waals surface area contributed by atoms with Gasteiger partial charge < -0.3 is 20.6 Å². The van der Waals surface area contributed by atoms with Crippen LogP contribution in [0.15, 0.2) is 46.1 Å². The molecule has 1 aromatic carbocycles. The fraction of sp³-hybridized carbons (Fsp3) is 0.450. The van der Waals surface area contributed by atoms with Crippen molar-refractivity contribution in [2.45, 2.75) is 32.5 Å². The zero-order valence-corrected chi connectivity index (χ0v) is 16.9. The minimum absolute atomic E-state index is 0.398. The Morgan fingerprint density at radius 2 is 1.92 bits per heavy atom. The molecule has 1 heterocycles. The predicted octanol–water partition coefficient (Wildman–Crippen LogP) is 2.77. The third-order valence-corrected chi connectivity index (χ3v) is 4.78. The van der Waals surface area contributed by atoms with Crippen LogP contribution in [0, 0.1) is 0 Å². The number of nitrogens with one attached hydrogen (secondary N) is 2. The molecule has 0 bridgehead atoms. The van der Waals surface area contributed by atoms with Gasteiger partial charge in [-0.3, -0.25) is 0 Å². The molecular weight excluding hydrogens is 344 g/mol. The summed E-state index contributed by atoms with van der Waals surface area (Å²) in [6, 6.07) is 10.3. The van der Waals surface area contributed by atoms with Crippen LogP contribution in [0.3, 0.4) is 0 Å².